The molecule has 3 fully saturated rings. The SMILES string of the molecule is N#CC(N[C@@H](CO)c1ccccc1)C12CC(F)(C1)C2. The Kier molecular flexibility index (Phi) is 2.84. The van der Waals surface area contributed by atoms with Crippen molar-refractivity contribution in [2.75, 3.05) is 6.61 Å². The maximum absolute atomic E-state index is 13.6. The highest BCUT2D eigenvalue weighted by molar-refractivity contribution is 5.28. The summed E-state index contributed by atoms with van der Waals surface area (Å²) in [5.41, 5.74) is -0.254. The van der Waals surface area contributed by atoms with E-state index in [2.05, 4.69) is 11.4 Å². The van der Waals surface area contributed by atoms with Gasteiger partial charge in [0.2, 0.25) is 0 Å². The van der Waals surface area contributed by atoms with Gasteiger partial charge in [-0.15, -0.1) is 0 Å². The Balaban J connectivity index is 1.71. The summed E-state index contributed by atoms with van der Waals surface area (Å²) in [5.74, 6) is 0. The molecular formula is C15H17FN2O. The molecule has 0 aliphatic heterocycles. The van der Waals surface area contributed by atoms with Crippen LogP contribution in [0.15, 0.2) is 30.3 Å². The minimum atomic E-state index is -1.00. The minimum Gasteiger partial charge on any atom is -0.394 e. The van der Waals surface area contributed by atoms with Crippen LogP contribution in [0.1, 0.15) is 30.9 Å². The topological polar surface area (TPSA) is 56.0 Å². The van der Waals surface area contributed by atoms with Gasteiger partial charge in [0.15, 0.2) is 0 Å². The van der Waals surface area contributed by atoms with Gasteiger partial charge in [0, 0.05) is 5.41 Å². The Hall–Kier alpha value is -1.44. The number of nitrogens with zero attached hydrogens (tertiary/aromatic N) is 1. The molecule has 0 radical (unpaired) electrons. The fraction of sp³-hybridized carbons (Fsp3) is 0.533. The van der Waals surface area contributed by atoms with Crippen LogP contribution in [0.2, 0.25) is 0 Å². The molecule has 4 heteroatoms. The third-order valence-electron chi connectivity index (χ3n) is 4.50. The summed E-state index contributed by atoms with van der Waals surface area (Å²) in [5, 5.41) is 22.0. The van der Waals surface area contributed by atoms with Crippen molar-refractivity contribution < 1.29 is 9.50 Å². The first kappa shape index (κ1) is 12.6. The van der Waals surface area contributed by atoms with Crippen LogP contribution in [0.25, 0.3) is 0 Å². The molecule has 0 amide bonds. The number of hydrogen-bond acceptors (Lipinski definition) is 3. The summed E-state index contributed by atoms with van der Waals surface area (Å²) in [6.45, 7) is -0.0704. The molecule has 2 N–H and O–H groups in total. The maximum atomic E-state index is 13.6. The quantitative estimate of drug-likeness (QED) is 0.852. The zero-order chi connectivity index (χ0) is 13.5. The van der Waals surface area contributed by atoms with Gasteiger partial charge in [0.1, 0.15) is 11.7 Å². The summed E-state index contributed by atoms with van der Waals surface area (Å²) in [6, 6.07) is 11.1. The molecule has 2 bridgehead atoms. The van der Waals surface area contributed by atoms with E-state index < -0.39 is 5.67 Å². The van der Waals surface area contributed by atoms with Gasteiger partial charge in [-0.2, -0.15) is 5.26 Å². The van der Waals surface area contributed by atoms with Crippen molar-refractivity contribution in [3.63, 3.8) is 0 Å². The van der Waals surface area contributed by atoms with Crippen LogP contribution in [-0.2, 0) is 0 Å². The van der Waals surface area contributed by atoms with Crippen LogP contribution in [0, 0.1) is 16.7 Å². The highest BCUT2D eigenvalue weighted by atomic mass is 19.1. The number of nitriles is 1. The van der Waals surface area contributed by atoms with Crippen LogP contribution in [-0.4, -0.2) is 23.4 Å². The summed E-state index contributed by atoms with van der Waals surface area (Å²) in [6.07, 6.45) is 1.45. The lowest BCUT2D eigenvalue weighted by atomic mass is 9.40. The Morgan fingerprint density at radius 3 is 2.42 bits per heavy atom. The number of hydrogen-bond donors (Lipinski definition) is 2. The Morgan fingerprint density at radius 2 is 1.95 bits per heavy atom. The Labute approximate surface area is 112 Å². The normalized spacial score (nSPS) is 34.6. The first-order valence-electron chi connectivity index (χ1n) is 6.61. The van der Waals surface area contributed by atoms with E-state index in [1.807, 2.05) is 30.3 Å². The van der Waals surface area contributed by atoms with E-state index in [1.54, 1.807) is 0 Å². The van der Waals surface area contributed by atoms with Crippen LogP contribution in [0.3, 0.4) is 0 Å². The molecule has 19 heavy (non-hydrogen) atoms. The van der Waals surface area contributed by atoms with E-state index in [9.17, 15) is 14.8 Å². The number of aliphatic hydroxyl groups excluding tert-OH is 1. The number of aliphatic hydroxyl groups is 1. The largest absolute Gasteiger partial charge is 0.394 e. The minimum absolute atomic E-state index is 0.0704. The highest BCUT2D eigenvalue weighted by Gasteiger charge is 2.72. The van der Waals surface area contributed by atoms with Gasteiger partial charge in [-0.25, -0.2) is 4.39 Å². The predicted molar refractivity (Wildman–Crippen MR) is 68.9 cm³/mol. The van der Waals surface area contributed by atoms with E-state index in [0.29, 0.717) is 19.3 Å². The van der Waals surface area contributed by atoms with E-state index in [0.717, 1.165) is 5.56 Å². The van der Waals surface area contributed by atoms with Gasteiger partial charge in [-0.3, -0.25) is 5.32 Å². The molecule has 1 aromatic carbocycles. The molecule has 3 aliphatic rings. The fourth-order valence-electron chi connectivity index (χ4n) is 3.54. The molecule has 3 saturated carbocycles. The highest BCUT2D eigenvalue weighted by Crippen LogP contribution is 2.71. The number of rotatable bonds is 5. The lowest BCUT2D eigenvalue weighted by Gasteiger charge is -2.67. The number of nitrogens with one attached hydrogen (secondary N) is 1. The van der Waals surface area contributed by atoms with Crippen molar-refractivity contribution >= 4 is 0 Å². The molecule has 1 aromatic rings. The van der Waals surface area contributed by atoms with Crippen molar-refractivity contribution in [1.82, 2.24) is 5.32 Å². The predicted octanol–water partition coefficient (Wildman–Crippen LogP) is 2.09. The second-order valence-electron chi connectivity index (χ2n) is 5.92. The number of alkyl halides is 1. The zero-order valence-electron chi connectivity index (χ0n) is 10.6. The summed E-state index contributed by atoms with van der Waals surface area (Å²) < 4.78 is 13.6. The van der Waals surface area contributed by atoms with Crippen molar-refractivity contribution in [2.24, 2.45) is 5.41 Å². The summed E-state index contributed by atoms with van der Waals surface area (Å²) >= 11 is 0. The summed E-state index contributed by atoms with van der Waals surface area (Å²) in [7, 11) is 0. The smallest absolute Gasteiger partial charge is 0.113 e. The van der Waals surface area contributed by atoms with Gasteiger partial charge in [-0.1, -0.05) is 30.3 Å². The molecule has 0 spiro atoms. The fourth-order valence-corrected chi connectivity index (χ4v) is 3.54. The average Bonchev–Trinajstić information content (AvgIpc) is 2.37. The van der Waals surface area contributed by atoms with Gasteiger partial charge in [0.25, 0.3) is 0 Å². The zero-order valence-corrected chi connectivity index (χ0v) is 10.6. The van der Waals surface area contributed by atoms with Gasteiger partial charge in [-0.05, 0) is 24.8 Å². The van der Waals surface area contributed by atoms with Crippen molar-refractivity contribution in [3.8, 4) is 6.07 Å². The van der Waals surface area contributed by atoms with Crippen molar-refractivity contribution in [2.45, 2.75) is 37.0 Å². The van der Waals surface area contributed by atoms with Gasteiger partial charge < -0.3 is 5.11 Å². The lowest BCUT2D eigenvalue weighted by molar-refractivity contribution is -0.222. The standard InChI is InChI=1S/C15H17FN2O/c16-15-8-14(9-15,10-15)13(6-17)18-12(7-19)11-4-2-1-3-5-11/h1-5,12-13,18-19H,7-10H2/t12-,13?,14?,15?/m0/s1. The number of halogens is 1. The van der Waals surface area contributed by atoms with Gasteiger partial charge >= 0.3 is 0 Å². The van der Waals surface area contributed by atoms with E-state index >= 15 is 0 Å². The second-order valence-corrected chi connectivity index (χ2v) is 5.92. The summed E-state index contributed by atoms with van der Waals surface area (Å²) in [4.78, 5) is 0. The van der Waals surface area contributed by atoms with E-state index in [1.165, 1.54) is 0 Å². The van der Waals surface area contributed by atoms with Crippen LogP contribution < -0.4 is 5.32 Å². The van der Waals surface area contributed by atoms with Crippen molar-refractivity contribution in [3.05, 3.63) is 35.9 Å². The number of benzene rings is 1. The van der Waals surface area contributed by atoms with Gasteiger partial charge in [0.05, 0.1) is 18.7 Å². The van der Waals surface area contributed by atoms with E-state index in [4.69, 9.17) is 0 Å². The first-order valence-corrected chi connectivity index (χ1v) is 6.61. The molecule has 3 nitrogen and oxygen atoms in total. The molecule has 2 atom stereocenters. The first-order chi connectivity index (χ1) is 9.11. The molecule has 0 heterocycles. The average molecular weight is 260 g/mol. The van der Waals surface area contributed by atoms with Crippen LogP contribution in [0.4, 0.5) is 4.39 Å². The lowest BCUT2D eigenvalue weighted by Crippen LogP contribution is -2.71. The molecule has 100 valence electrons. The molecule has 1 unspecified atom stereocenters. The Bertz CT molecular complexity index is 491. The van der Waals surface area contributed by atoms with Crippen LogP contribution in [0.5, 0.6) is 0 Å². The van der Waals surface area contributed by atoms with E-state index in [-0.39, 0.29) is 24.1 Å². The molecule has 0 saturated heterocycles. The molecule has 3 aliphatic carbocycles. The third kappa shape index (κ3) is 1.94. The molecule has 0 aromatic heterocycles. The third-order valence-corrected chi connectivity index (χ3v) is 4.50. The maximum Gasteiger partial charge on any atom is 0.113 e. The monoisotopic (exact) mass is 260 g/mol. The van der Waals surface area contributed by atoms with Crippen LogP contribution >= 0.6 is 0 Å². The molecular weight excluding hydrogens is 243 g/mol. The second kappa shape index (κ2) is 4.29. The molecule has 4 rings (SSSR count). The van der Waals surface area contributed by atoms with Crippen molar-refractivity contribution in [1.29, 1.82) is 5.26 Å². The Morgan fingerprint density at radius 1 is 1.32 bits per heavy atom.